The number of hydrogen-bond donors (Lipinski definition) is 1. The van der Waals surface area contributed by atoms with Crippen molar-refractivity contribution in [2.75, 3.05) is 31.1 Å². The van der Waals surface area contributed by atoms with Crippen LogP contribution in [0.15, 0.2) is 60.7 Å². The molecule has 4 rings (SSSR count). The number of carbonyl (C=O) groups is 4. The number of esters is 1. The molecular weight excluding hydrogens is 490 g/mol. The molecule has 0 radical (unpaired) electrons. The van der Waals surface area contributed by atoms with Crippen LogP contribution in [0.2, 0.25) is 0 Å². The van der Waals surface area contributed by atoms with Gasteiger partial charge in [0.05, 0.1) is 19.7 Å². The zero-order chi connectivity index (χ0) is 27.1. The maximum Gasteiger partial charge on any atom is 0.414 e. The Morgan fingerprint density at radius 1 is 1.08 bits per heavy atom. The van der Waals surface area contributed by atoms with Crippen molar-refractivity contribution in [3.05, 3.63) is 71.8 Å². The molecule has 2 atom stereocenters. The molecule has 0 bridgehead atoms. The van der Waals surface area contributed by atoms with Crippen molar-refractivity contribution in [1.29, 1.82) is 0 Å². The van der Waals surface area contributed by atoms with Gasteiger partial charge < -0.3 is 24.4 Å². The Morgan fingerprint density at radius 2 is 1.82 bits per heavy atom. The van der Waals surface area contributed by atoms with Crippen LogP contribution in [0.25, 0.3) is 5.57 Å². The van der Waals surface area contributed by atoms with Gasteiger partial charge in [0.15, 0.2) is 0 Å². The monoisotopic (exact) mass is 521 g/mol. The third-order valence-corrected chi connectivity index (χ3v) is 6.24. The van der Waals surface area contributed by atoms with Crippen LogP contribution in [0.3, 0.4) is 0 Å². The molecule has 1 fully saturated rings. The van der Waals surface area contributed by atoms with Crippen LogP contribution in [0.1, 0.15) is 31.4 Å². The van der Waals surface area contributed by atoms with Crippen LogP contribution in [0, 0.1) is 0 Å². The van der Waals surface area contributed by atoms with E-state index < -0.39 is 30.4 Å². The molecule has 1 N–H and O–H groups in total. The number of hydrogen-bond acceptors (Lipinski definition) is 7. The summed E-state index contributed by atoms with van der Waals surface area (Å²) in [6, 6.07) is 16.9. The molecule has 2 heterocycles. The second-order valence-electron chi connectivity index (χ2n) is 9.10. The molecule has 10 heteroatoms. The lowest BCUT2D eigenvalue weighted by Gasteiger charge is -2.29. The van der Waals surface area contributed by atoms with Crippen molar-refractivity contribution in [1.82, 2.24) is 10.2 Å². The quantitative estimate of drug-likeness (QED) is 0.399. The number of nitrogens with one attached hydrogen (secondary N) is 1. The smallest absolute Gasteiger partial charge is 0.414 e. The minimum Gasteiger partial charge on any atom is -0.442 e. The summed E-state index contributed by atoms with van der Waals surface area (Å²) >= 11 is 0. The standard InChI is InChI=1S/C28H31N3O7/c1-19(32)29-16-25-17-31(28(35)38-25)24-10-8-22(9-11-24)23-12-14-30(15-13-23)26(34)27(37-20(2)33)36-18-21-6-4-3-5-7-21/h3-12,25,27H,13-18H2,1-2H3,(H,29,32)/t25-,27?/m0/s1. The zero-order valence-corrected chi connectivity index (χ0v) is 21.4. The van der Waals surface area contributed by atoms with Gasteiger partial charge in [-0.15, -0.1) is 0 Å². The molecule has 2 aliphatic heterocycles. The minimum absolute atomic E-state index is 0.143. The molecule has 3 amide bonds. The SMILES string of the molecule is CC(=O)NC[C@H]1CN(c2ccc(C3=CCN(C(=O)C(OCc4ccccc4)OC(C)=O)CC3)cc2)C(=O)O1. The lowest BCUT2D eigenvalue weighted by atomic mass is 9.99. The molecule has 10 nitrogen and oxygen atoms in total. The second kappa shape index (κ2) is 12.4. The number of amides is 3. The first-order valence-electron chi connectivity index (χ1n) is 12.4. The molecule has 2 aromatic rings. The van der Waals surface area contributed by atoms with Crippen molar-refractivity contribution in [2.45, 2.75) is 39.3 Å². The fourth-order valence-corrected chi connectivity index (χ4v) is 4.28. The zero-order valence-electron chi connectivity index (χ0n) is 21.4. The first kappa shape index (κ1) is 26.9. The van der Waals surface area contributed by atoms with Crippen LogP contribution in [0.4, 0.5) is 10.5 Å². The number of rotatable bonds is 9. The molecule has 2 aliphatic rings. The van der Waals surface area contributed by atoms with Crippen molar-refractivity contribution < 1.29 is 33.4 Å². The van der Waals surface area contributed by atoms with Gasteiger partial charge in [0.2, 0.25) is 5.91 Å². The van der Waals surface area contributed by atoms with Crippen molar-refractivity contribution >= 4 is 35.1 Å². The predicted molar refractivity (Wildman–Crippen MR) is 139 cm³/mol. The number of cyclic esters (lactones) is 1. The summed E-state index contributed by atoms with van der Waals surface area (Å²) in [4.78, 5) is 51.2. The van der Waals surface area contributed by atoms with E-state index >= 15 is 0 Å². The van der Waals surface area contributed by atoms with E-state index in [2.05, 4.69) is 5.32 Å². The van der Waals surface area contributed by atoms with E-state index in [9.17, 15) is 19.2 Å². The molecule has 200 valence electrons. The molecule has 2 aromatic carbocycles. The van der Waals surface area contributed by atoms with E-state index in [1.807, 2.05) is 60.7 Å². The third-order valence-electron chi connectivity index (χ3n) is 6.24. The molecule has 0 saturated carbocycles. The summed E-state index contributed by atoms with van der Waals surface area (Å²) in [5.74, 6) is -1.16. The Bertz CT molecular complexity index is 1200. The lowest BCUT2D eigenvalue weighted by molar-refractivity contribution is -0.193. The minimum atomic E-state index is -1.31. The summed E-state index contributed by atoms with van der Waals surface area (Å²) in [6.45, 7) is 4.23. The first-order valence-corrected chi connectivity index (χ1v) is 12.4. The van der Waals surface area contributed by atoms with E-state index in [1.54, 1.807) is 4.90 Å². The number of nitrogens with zero attached hydrogens (tertiary/aromatic N) is 2. The number of benzene rings is 2. The van der Waals surface area contributed by atoms with Crippen LogP contribution in [0.5, 0.6) is 0 Å². The number of ether oxygens (including phenoxy) is 3. The van der Waals surface area contributed by atoms with Gasteiger partial charge >= 0.3 is 12.1 Å². The van der Waals surface area contributed by atoms with E-state index in [1.165, 1.54) is 18.7 Å². The maximum atomic E-state index is 13.1. The molecule has 0 aromatic heterocycles. The number of anilines is 1. The van der Waals surface area contributed by atoms with E-state index in [4.69, 9.17) is 14.2 Å². The largest absolute Gasteiger partial charge is 0.442 e. The molecule has 0 aliphatic carbocycles. The average Bonchev–Trinajstić information content (AvgIpc) is 3.30. The van der Waals surface area contributed by atoms with Crippen molar-refractivity contribution in [2.24, 2.45) is 0 Å². The second-order valence-corrected chi connectivity index (χ2v) is 9.10. The Hall–Kier alpha value is -4.18. The fourth-order valence-electron chi connectivity index (χ4n) is 4.28. The highest BCUT2D eigenvalue weighted by atomic mass is 16.7. The molecule has 1 saturated heterocycles. The predicted octanol–water partition coefficient (Wildman–Crippen LogP) is 2.87. The maximum absolute atomic E-state index is 13.1. The van der Waals surface area contributed by atoms with Gasteiger partial charge in [0.1, 0.15) is 6.10 Å². The Morgan fingerprint density at radius 3 is 2.45 bits per heavy atom. The lowest BCUT2D eigenvalue weighted by Crippen LogP contribution is -2.44. The summed E-state index contributed by atoms with van der Waals surface area (Å²) < 4.78 is 16.1. The highest BCUT2D eigenvalue weighted by molar-refractivity contribution is 5.90. The number of carbonyl (C=O) groups excluding carboxylic acids is 4. The topological polar surface area (TPSA) is 114 Å². The van der Waals surface area contributed by atoms with Crippen molar-refractivity contribution in [3.8, 4) is 0 Å². The van der Waals surface area contributed by atoms with E-state index in [-0.39, 0.29) is 19.1 Å². The summed E-state index contributed by atoms with van der Waals surface area (Å²) in [7, 11) is 0. The highest BCUT2D eigenvalue weighted by Crippen LogP contribution is 2.27. The van der Waals surface area contributed by atoms with Crippen molar-refractivity contribution in [3.63, 3.8) is 0 Å². The normalized spacial score (nSPS) is 17.9. The summed E-state index contributed by atoms with van der Waals surface area (Å²) in [5, 5.41) is 2.66. The van der Waals surface area contributed by atoms with Gasteiger partial charge in [-0.3, -0.25) is 19.3 Å². The first-order chi connectivity index (χ1) is 18.3. The average molecular weight is 522 g/mol. The molecule has 1 unspecified atom stereocenters. The van der Waals surface area contributed by atoms with Gasteiger partial charge in [0.25, 0.3) is 12.2 Å². The summed E-state index contributed by atoms with van der Waals surface area (Å²) in [5.41, 5.74) is 3.63. The Kier molecular flexibility index (Phi) is 8.75. The van der Waals surface area contributed by atoms with E-state index in [0.29, 0.717) is 31.7 Å². The summed E-state index contributed by atoms with van der Waals surface area (Å²) in [6.07, 6.45) is 0.420. The Labute approximate surface area is 221 Å². The van der Waals surface area contributed by atoms with Gasteiger partial charge in [-0.2, -0.15) is 0 Å². The van der Waals surface area contributed by atoms with Crippen LogP contribution >= 0.6 is 0 Å². The fraction of sp³-hybridized carbons (Fsp3) is 0.357. The van der Waals surface area contributed by atoms with E-state index in [0.717, 1.165) is 16.7 Å². The van der Waals surface area contributed by atoms with Gasteiger partial charge in [0, 0.05) is 32.6 Å². The highest BCUT2D eigenvalue weighted by Gasteiger charge is 2.33. The van der Waals surface area contributed by atoms with Crippen LogP contribution in [-0.2, 0) is 35.2 Å². The third kappa shape index (κ3) is 6.98. The Balaban J connectivity index is 1.34. The molecular formula is C28H31N3O7. The molecule has 38 heavy (non-hydrogen) atoms. The van der Waals surface area contributed by atoms with Crippen LogP contribution in [-0.4, -0.2) is 67.3 Å². The molecule has 0 spiro atoms. The van der Waals surface area contributed by atoms with Gasteiger partial charge in [-0.05, 0) is 35.3 Å². The van der Waals surface area contributed by atoms with Gasteiger partial charge in [-0.25, -0.2) is 4.79 Å². The van der Waals surface area contributed by atoms with Gasteiger partial charge in [-0.1, -0.05) is 48.5 Å². The van der Waals surface area contributed by atoms with Crippen LogP contribution < -0.4 is 10.2 Å².